The van der Waals surface area contributed by atoms with Crippen LogP contribution in [-0.2, 0) is 6.54 Å². The number of anilines is 1. The van der Waals surface area contributed by atoms with Crippen LogP contribution in [0.3, 0.4) is 0 Å². The molecule has 20 heavy (non-hydrogen) atoms. The average Bonchev–Trinajstić information content (AvgIpc) is 2.96. The van der Waals surface area contributed by atoms with E-state index in [0.29, 0.717) is 5.02 Å². The Labute approximate surface area is 127 Å². The number of nitrogens with one attached hydrogen (secondary N) is 1. The van der Waals surface area contributed by atoms with E-state index in [1.807, 2.05) is 6.07 Å². The number of hydrogen-bond donors (Lipinski definition) is 1. The molecule has 0 unspecified atom stereocenters. The van der Waals surface area contributed by atoms with Gasteiger partial charge in [0.25, 0.3) is 0 Å². The predicted octanol–water partition coefficient (Wildman–Crippen LogP) is 5.08. The fraction of sp³-hybridized carbons (Fsp3) is 0.0625. The lowest BCUT2D eigenvalue weighted by atomic mass is 10.2. The van der Waals surface area contributed by atoms with Crippen LogP contribution in [0.4, 0.5) is 5.69 Å². The largest absolute Gasteiger partial charge is 0.378 e. The minimum absolute atomic E-state index is 0.694. The molecular weight excluding hydrogens is 288 g/mol. The van der Waals surface area contributed by atoms with Crippen LogP contribution in [0.5, 0.6) is 0 Å². The molecule has 0 saturated heterocycles. The summed E-state index contributed by atoms with van der Waals surface area (Å²) in [4.78, 5) is 6.61. The Morgan fingerprint density at radius 3 is 2.70 bits per heavy atom. The highest BCUT2D eigenvalue weighted by molar-refractivity contribution is 7.15. The number of pyridine rings is 1. The molecule has 1 aromatic carbocycles. The van der Waals surface area contributed by atoms with E-state index >= 15 is 0 Å². The molecule has 0 aliphatic rings. The van der Waals surface area contributed by atoms with Gasteiger partial charge in [-0.1, -0.05) is 41.9 Å². The lowest BCUT2D eigenvalue weighted by Gasteiger charge is -2.05. The highest BCUT2D eigenvalue weighted by atomic mass is 35.5. The van der Waals surface area contributed by atoms with Crippen molar-refractivity contribution in [3.63, 3.8) is 0 Å². The topological polar surface area (TPSA) is 24.9 Å². The van der Waals surface area contributed by atoms with E-state index < -0.39 is 0 Å². The van der Waals surface area contributed by atoms with Gasteiger partial charge >= 0.3 is 0 Å². The smallest absolute Gasteiger partial charge is 0.0718 e. The van der Waals surface area contributed by atoms with Crippen molar-refractivity contribution in [1.29, 1.82) is 0 Å². The second kappa shape index (κ2) is 6.07. The molecule has 2 nitrogen and oxygen atoms in total. The van der Waals surface area contributed by atoms with Crippen LogP contribution in [0, 0.1) is 0 Å². The van der Waals surface area contributed by atoms with Crippen molar-refractivity contribution in [1.82, 2.24) is 4.98 Å². The number of hydrogen-bond acceptors (Lipinski definition) is 3. The SMILES string of the molecule is Clc1ccncc1NCc1ccc(-c2ccccc2)s1. The number of rotatable bonds is 4. The second-order valence-corrected chi connectivity index (χ2v) is 5.92. The molecule has 0 fully saturated rings. The van der Waals surface area contributed by atoms with Gasteiger partial charge in [0.2, 0.25) is 0 Å². The Balaban J connectivity index is 1.71. The van der Waals surface area contributed by atoms with Crippen LogP contribution in [0.25, 0.3) is 10.4 Å². The summed E-state index contributed by atoms with van der Waals surface area (Å²) in [6, 6.07) is 16.5. The maximum Gasteiger partial charge on any atom is 0.0718 e. The highest BCUT2D eigenvalue weighted by Crippen LogP contribution is 2.29. The standard InChI is InChI=1S/C16H13ClN2S/c17-14-8-9-18-11-15(14)19-10-13-6-7-16(20-13)12-4-2-1-3-5-12/h1-9,11,19H,10H2. The average molecular weight is 301 g/mol. The van der Waals surface area contributed by atoms with E-state index in [4.69, 9.17) is 11.6 Å². The second-order valence-electron chi connectivity index (χ2n) is 4.34. The van der Waals surface area contributed by atoms with Crippen LogP contribution >= 0.6 is 22.9 Å². The van der Waals surface area contributed by atoms with Gasteiger partial charge in [0.1, 0.15) is 0 Å². The lowest BCUT2D eigenvalue weighted by Crippen LogP contribution is -1.98. The Bertz CT molecular complexity index is 694. The minimum Gasteiger partial charge on any atom is -0.378 e. The molecule has 3 aromatic rings. The summed E-state index contributed by atoms with van der Waals surface area (Å²) in [6.45, 7) is 0.753. The van der Waals surface area contributed by atoms with E-state index in [9.17, 15) is 0 Å². The Hall–Kier alpha value is -1.84. The van der Waals surface area contributed by atoms with Crippen molar-refractivity contribution in [2.45, 2.75) is 6.54 Å². The summed E-state index contributed by atoms with van der Waals surface area (Å²) in [5, 5.41) is 4.00. The first-order valence-electron chi connectivity index (χ1n) is 6.30. The van der Waals surface area contributed by atoms with Crippen LogP contribution in [-0.4, -0.2) is 4.98 Å². The van der Waals surface area contributed by atoms with Crippen molar-refractivity contribution in [3.8, 4) is 10.4 Å². The maximum absolute atomic E-state index is 6.09. The van der Waals surface area contributed by atoms with Gasteiger partial charge in [0, 0.05) is 22.5 Å². The van der Waals surface area contributed by atoms with Crippen LogP contribution in [0.1, 0.15) is 4.88 Å². The normalized spacial score (nSPS) is 10.4. The lowest BCUT2D eigenvalue weighted by molar-refractivity contribution is 1.17. The summed E-state index contributed by atoms with van der Waals surface area (Å²) in [5.74, 6) is 0. The zero-order chi connectivity index (χ0) is 13.8. The third-order valence-corrected chi connectivity index (χ3v) is 4.40. The van der Waals surface area contributed by atoms with Crippen molar-refractivity contribution in [2.24, 2.45) is 0 Å². The zero-order valence-corrected chi connectivity index (χ0v) is 12.3. The molecule has 0 saturated carbocycles. The number of aromatic nitrogens is 1. The van der Waals surface area contributed by atoms with E-state index in [0.717, 1.165) is 12.2 Å². The van der Waals surface area contributed by atoms with Gasteiger partial charge in [-0.05, 0) is 23.8 Å². The van der Waals surface area contributed by atoms with Crippen molar-refractivity contribution in [2.75, 3.05) is 5.32 Å². The van der Waals surface area contributed by atoms with Crippen molar-refractivity contribution < 1.29 is 0 Å². The van der Waals surface area contributed by atoms with Gasteiger partial charge in [-0.25, -0.2) is 0 Å². The highest BCUT2D eigenvalue weighted by Gasteiger charge is 2.04. The molecule has 0 aliphatic carbocycles. The fourth-order valence-corrected chi connectivity index (χ4v) is 3.05. The number of halogens is 1. The molecule has 0 aliphatic heterocycles. The molecule has 1 N–H and O–H groups in total. The first-order valence-corrected chi connectivity index (χ1v) is 7.50. The van der Waals surface area contributed by atoms with Crippen LogP contribution < -0.4 is 5.32 Å². The van der Waals surface area contributed by atoms with Gasteiger partial charge < -0.3 is 5.32 Å². The maximum atomic E-state index is 6.09. The first-order chi connectivity index (χ1) is 9.83. The number of nitrogens with zero attached hydrogens (tertiary/aromatic N) is 1. The molecule has 0 bridgehead atoms. The van der Waals surface area contributed by atoms with E-state index in [2.05, 4.69) is 46.7 Å². The van der Waals surface area contributed by atoms with Gasteiger partial charge in [0.05, 0.1) is 16.9 Å². The molecule has 4 heteroatoms. The van der Waals surface area contributed by atoms with Gasteiger partial charge in [0.15, 0.2) is 0 Å². The summed E-state index contributed by atoms with van der Waals surface area (Å²) in [6.07, 6.45) is 3.43. The third-order valence-electron chi connectivity index (χ3n) is 2.94. The molecule has 0 amide bonds. The van der Waals surface area contributed by atoms with Crippen LogP contribution in [0.15, 0.2) is 60.9 Å². The molecule has 100 valence electrons. The molecule has 0 atom stereocenters. The van der Waals surface area contributed by atoms with E-state index in [-0.39, 0.29) is 0 Å². The molecular formula is C16H13ClN2S. The minimum atomic E-state index is 0.694. The fourth-order valence-electron chi connectivity index (χ4n) is 1.92. The quantitative estimate of drug-likeness (QED) is 0.727. The molecule has 2 heterocycles. The Morgan fingerprint density at radius 1 is 1.05 bits per heavy atom. The molecule has 3 rings (SSSR count). The first kappa shape index (κ1) is 13.2. The molecule has 0 radical (unpaired) electrons. The van der Waals surface area contributed by atoms with Crippen molar-refractivity contribution in [3.05, 3.63) is 70.8 Å². The number of thiophene rings is 1. The Morgan fingerprint density at radius 2 is 1.90 bits per heavy atom. The predicted molar refractivity (Wildman–Crippen MR) is 86.3 cm³/mol. The summed E-state index contributed by atoms with van der Waals surface area (Å²) >= 11 is 7.88. The van der Waals surface area contributed by atoms with Crippen LogP contribution in [0.2, 0.25) is 5.02 Å². The summed E-state index contributed by atoms with van der Waals surface area (Å²) in [7, 11) is 0. The van der Waals surface area contributed by atoms with Gasteiger partial charge in [-0.15, -0.1) is 11.3 Å². The molecule has 2 aromatic heterocycles. The number of benzene rings is 1. The summed E-state index contributed by atoms with van der Waals surface area (Å²) in [5.41, 5.74) is 2.12. The molecule has 0 spiro atoms. The Kier molecular flexibility index (Phi) is 4.00. The zero-order valence-electron chi connectivity index (χ0n) is 10.7. The van der Waals surface area contributed by atoms with Crippen molar-refractivity contribution >= 4 is 28.6 Å². The third kappa shape index (κ3) is 3.00. The van der Waals surface area contributed by atoms with E-state index in [1.165, 1.54) is 15.3 Å². The van der Waals surface area contributed by atoms with Gasteiger partial charge in [-0.2, -0.15) is 0 Å². The van der Waals surface area contributed by atoms with Gasteiger partial charge in [-0.3, -0.25) is 4.98 Å². The summed E-state index contributed by atoms with van der Waals surface area (Å²) < 4.78 is 0. The van der Waals surface area contributed by atoms with E-state index in [1.54, 1.807) is 29.8 Å². The monoisotopic (exact) mass is 300 g/mol.